The molecule has 1 saturated heterocycles. The molecule has 0 spiro atoms. The van der Waals surface area contributed by atoms with Crippen molar-refractivity contribution in [2.75, 3.05) is 13.1 Å². The molecule has 1 heterocycles. The number of nitrogens with zero attached hydrogens (tertiary/aromatic N) is 1. The lowest BCUT2D eigenvalue weighted by Gasteiger charge is -2.37. The number of nitrogens with two attached hydrogens (primary N) is 1. The summed E-state index contributed by atoms with van der Waals surface area (Å²) < 4.78 is 0. The van der Waals surface area contributed by atoms with Crippen molar-refractivity contribution >= 4 is 24.2 Å². The van der Waals surface area contributed by atoms with E-state index in [4.69, 9.17) is 5.73 Å². The molecule has 0 aromatic rings. The molecule has 3 N–H and O–H groups in total. The molecule has 1 atom stereocenters. The SMILES string of the molecule is CC(N)C1CCN(C(=O)C2CCC(NC(=O)C3CCCC3)CC2)CC1.Cl. The highest BCUT2D eigenvalue weighted by atomic mass is 35.5. The van der Waals surface area contributed by atoms with Gasteiger partial charge < -0.3 is 16.0 Å². The van der Waals surface area contributed by atoms with E-state index in [0.717, 1.165) is 64.5 Å². The summed E-state index contributed by atoms with van der Waals surface area (Å²) in [5, 5.41) is 3.24. The first-order valence-corrected chi connectivity index (χ1v) is 10.4. The van der Waals surface area contributed by atoms with Crippen LogP contribution in [0.2, 0.25) is 0 Å². The van der Waals surface area contributed by atoms with Crippen LogP contribution in [-0.2, 0) is 9.59 Å². The summed E-state index contributed by atoms with van der Waals surface area (Å²) in [6.45, 7) is 3.80. The molecule has 26 heavy (non-hydrogen) atoms. The molecule has 2 amide bonds. The average molecular weight is 386 g/mol. The Labute approximate surface area is 164 Å². The second-order valence-electron chi connectivity index (χ2n) is 8.56. The number of halogens is 1. The molecule has 0 aromatic heterocycles. The van der Waals surface area contributed by atoms with Gasteiger partial charge in [0, 0.05) is 37.0 Å². The molecule has 3 aliphatic rings. The molecule has 0 aromatic carbocycles. The van der Waals surface area contributed by atoms with Gasteiger partial charge in [-0.15, -0.1) is 12.4 Å². The second kappa shape index (κ2) is 9.93. The van der Waals surface area contributed by atoms with Crippen molar-refractivity contribution in [1.29, 1.82) is 0 Å². The van der Waals surface area contributed by atoms with E-state index < -0.39 is 0 Å². The largest absolute Gasteiger partial charge is 0.353 e. The Balaban J connectivity index is 0.00000243. The van der Waals surface area contributed by atoms with Crippen LogP contribution < -0.4 is 11.1 Å². The Morgan fingerprint density at radius 1 is 0.923 bits per heavy atom. The van der Waals surface area contributed by atoms with Gasteiger partial charge in [0.15, 0.2) is 0 Å². The zero-order valence-electron chi connectivity index (χ0n) is 16.1. The molecule has 5 nitrogen and oxygen atoms in total. The standard InChI is InChI=1S/C20H35N3O2.ClH/c1-14(21)15-10-12-23(13-11-15)20(25)17-6-8-18(9-7-17)22-19(24)16-4-2-3-5-16;/h14-18H,2-13,21H2,1H3,(H,22,24);1H. The highest BCUT2D eigenvalue weighted by Crippen LogP contribution is 2.30. The van der Waals surface area contributed by atoms with Crippen molar-refractivity contribution in [1.82, 2.24) is 10.2 Å². The summed E-state index contributed by atoms with van der Waals surface area (Å²) in [7, 11) is 0. The molecule has 6 heteroatoms. The van der Waals surface area contributed by atoms with Crippen LogP contribution in [0.3, 0.4) is 0 Å². The highest BCUT2D eigenvalue weighted by molar-refractivity contribution is 5.85. The number of rotatable bonds is 4. The van der Waals surface area contributed by atoms with Gasteiger partial charge in [0.1, 0.15) is 0 Å². The molecule has 0 bridgehead atoms. The fourth-order valence-corrected chi connectivity index (χ4v) is 4.90. The number of nitrogens with one attached hydrogen (secondary N) is 1. The van der Waals surface area contributed by atoms with Crippen LogP contribution in [0, 0.1) is 17.8 Å². The Kier molecular flexibility index (Phi) is 8.21. The van der Waals surface area contributed by atoms with Crippen LogP contribution in [0.15, 0.2) is 0 Å². The monoisotopic (exact) mass is 385 g/mol. The van der Waals surface area contributed by atoms with Crippen LogP contribution in [0.25, 0.3) is 0 Å². The van der Waals surface area contributed by atoms with Crippen LogP contribution >= 0.6 is 12.4 Å². The summed E-state index contributed by atoms with van der Waals surface area (Å²) in [6, 6.07) is 0.511. The predicted molar refractivity (Wildman–Crippen MR) is 106 cm³/mol. The van der Waals surface area contributed by atoms with Gasteiger partial charge in [0.2, 0.25) is 11.8 Å². The fourth-order valence-electron chi connectivity index (χ4n) is 4.90. The number of piperidine rings is 1. The first-order valence-electron chi connectivity index (χ1n) is 10.4. The fraction of sp³-hybridized carbons (Fsp3) is 0.900. The van der Waals surface area contributed by atoms with Gasteiger partial charge in [-0.3, -0.25) is 9.59 Å². The number of hydrogen-bond donors (Lipinski definition) is 2. The number of amides is 2. The van der Waals surface area contributed by atoms with E-state index in [1.165, 1.54) is 12.8 Å². The maximum atomic E-state index is 12.8. The molecule has 0 radical (unpaired) electrons. The van der Waals surface area contributed by atoms with Gasteiger partial charge in [-0.2, -0.15) is 0 Å². The smallest absolute Gasteiger partial charge is 0.225 e. The van der Waals surface area contributed by atoms with Crippen molar-refractivity contribution in [3.63, 3.8) is 0 Å². The summed E-state index contributed by atoms with van der Waals surface area (Å²) in [4.78, 5) is 27.1. The summed E-state index contributed by atoms with van der Waals surface area (Å²) in [6.07, 6.45) is 10.3. The van der Waals surface area contributed by atoms with Gasteiger partial charge in [0.05, 0.1) is 0 Å². The van der Waals surface area contributed by atoms with Crippen LogP contribution in [0.1, 0.15) is 71.1 Å². The van der Waals surface area contributed by atoms with E-state index in [1.54, 1.807) is 0 Å². The van der Waals surface area contributed by atoms with Gasteiger partial charge in [0.25, 0.3) is 0 Å². The van der Waals surface area contributed by atoms with Crippen molar-refractivity contribution in [3.05, 3.63) is 0 Å². The van der Waals surface area contributed by atoms with E-state index in [9.17, 15) is 9.59 Å². The zero-order chi connectivity index (χ0) is 17.8. The van der Waals surface area contributed by atoms with Gasteiger partial charge >= 0.3 is 0 Å². The summed E-state index contributed by atoms with van der Waals surface area (Å²) in [5.74, 6) is 1.55. The Hall–Kier alpha value is -0.810. The van der Waals surface area contributed by atoms with Crippen molar-refractivity contribution in [2.24, 2.45) is 23.5 Å². The summed E-state index contributed by atoms with van der Waals surface area (Å²) in [5.41, 5.74) is 5.99. The maximum absolute atomic E-state index is 12.8. The van der Waals surface area contributed by atoms with Gasteiger partial charge in [-0.1, -0.05) is 12.8 Å². The number of hydrogen-bond acceptors (Lipinski definition) is 3. The minimum atomic E-state index is 0. The van der Waals surface area contributed by atoms with Crippen LogP contribution in [-0.4, -0.2) is 41.9 Å². The Bertz CT molecular complexity index is 464. The molecule has 150 valence electrons. The van der Waals surface area contributed by atoms with E-state index in [2.05, 4.69) is 17.1 Å². The predicted octanol–water partition coefficient (Wildman–Crippen LogP) is 2.86. The Morgan fingerprint density at radius 2 is 1.50 bits per heavy atom. The third kappa shape index (κ3) is 5.35. The van der Waals surface area contributed by atoms with Gasteiger partial charge in [-0.25, -0.2) is 0 Å². The molecule has 3 fully saturated rings. The van der Waals surface area contributed by atoms with Gasteiger partial charge in [-0.05, 0) is 64.2 Å². The molecule has 1 unspecified atom stereocenters. The van der Waals surface area contributed by atoms with E-state index in [1.807, 2.05) is 0 Å². The molecule has 3 rings (SSSR count). The average Bonchev–Trinajstić information content (AvgIpc) is 3.17. The maximum Gasteiger partial charge on any atom is 0.225 e. The first kappa shape index (κ1) is 21.5. The lowest BCUT2D eigenvalue weighted by molar-refractivity contribution is -0.138. The van der Waals surface area contributed by atoms with E-state index in [-0.39, 0.29) is 42.2 Å². The topological polar surface area (TPSA) is 75.4 Å². The minimum Gasteiger partial charge on any atom is -0.353 e. The molecular formula is C20H36ClN3O2. The lowest BCUT2D eigenvalue weighted by Crippen LogP contribution is -2.47. The van der Waals surface area contributed by atoms with E-state index >= 15 is 0 Å². The normalized spacial score (nSPS) is 29.1. The minimum absolute atomic E-state index is 0. The number of carbonyl (C=O) groups is 2. The first-order chi connectivity index (χ1) is 12.0. The summed E-state index contributed by atoms with van der Waals surface area (Å²) >= 11 is 0. The quantitative estimate of drug-likeness (QED) is 0.781. The number of carbonyl (C=O) groups excluding carboxylic acids is 2. The zero-order valence-corrected chi connectivity index (χ0v) is 16.9. The molecule has 2 aliphatic carbocycles. The van der Waals surface area contributed by atoms with E-state index in [0.29, 0.717) is 11.8 Å². The van der Waals surface area contributed by atoms with Crippen LogP contribution in [0.5, 0.6) is 0 Å². The van der Waals surface area contributed by atoms with Crippen molar-refractivity contribution < 1.29 is 9.59 Å². The number of likely N-dealkylation sites (tertiary alicyclic amines) is 1. The molecular weight excluding hydrogens is 350 g/mol. The third-order valence-corrected chi connectivity index (χ3v) is 6.74. The lowest BCUT2D eigenvalue weighted by atomic mass is 9.83. The van der Waals surface area contributed by atoms with Crippen molar-refractivity contribution in [3.8, 4) is 0 Å². The molecule has 2 saturated carbocycles. The Morgan fingerprint density at radius 3 is 2.04 bits per heavy atom. The third-order valence-electron chi connectivity index (χ3n) is 6.74. The molecule has 1 aliphatic heterocycles. The highest BCUT2D eigenvalue weighted by Gasteiger charge is 2.33. The second-order valence-corrected chi connectivity index (χ2v) is 8.56. The van der Waals surface area contributed by atoms with Crippen molar-refractivity contribution in [2.45, 2.75) is 83.2 Å². The van der Waals surface area contributed by atoms with Crippen LogP contribution in [0.4, 0.5) is 0 Å².